The van der Waals surface area contributed by atoms with E-state index >= 15 is 0 Å². The summed E-state index contributed by atoms with van der Waals surface area (Å²) in [6.07, 6.45) is 4.48. The smallest absolute Gasteiger partial charge is 0.325 e. The van der Waals surface area contributed by atoms with E-state index in [2.05, 4.69) is 40.2 Å². The number of imide groups is 1. The molecule has 1 atom stereocenters. The molecule has 1 N–H and O–H groups in total. The Morgan fingerprint density at radius 1 is 1.18 bits per heavy atom. The van der Waals surface area contributed by atoms with Crippen LogP contribution in [0.25, 0.3) is 0 Å². The van der Waals surface area contributed by atoms with Gasteiger partial charge in [-0.15, -0.1) is 0 Å². The second-order valence-corrected chi connectivity index (χ2v) is 9.60. The largest absolute Gasteiger partial charge is 0.487 e. The molecule has 2 heterocycles. The molecule has 1 spiro atoms. The van der Waals surface area contributed by atoms with Crippen LogP contribution in [-0.2, 0) is 10.3 Å². The standard InChI is InChI=1S/C21H30BrN3O3/c1-20(2)14-21(16-13-15(22)9-10-17(16)28-20)18(26)25(19(27)23-21)12-8-6-5-7-11-24(3)4/h9-10,13H,5-8,11-12,14H2,1-4H3,(H,23,27). The Hall–Kier alpha value is -1.60. The van der Waals surface area contributed by atoms with Crippen molar-refractivity contribution in [1.29, 1.82) is 0 Å². The first-order valence-corrected chi connectivity index (χ1v) is 10.7. The van der Waals surface area contributed by atoms with E-state index in [0.717, 1.165) is 42.3 Å². The molecule has 2 aliphatic heterocycles. The van der Waals surface area contributed by atoms with E-state index in [4.69, 9.17) is 4.74 Å². The number of amides is 3. The Morgan fingerprint density at radius 2 is 1.89 bits per heavy atom. The quantitative estimate of drug-likeness (QED) is 0.504. The number of urea groups is 1. The molecule has 28 heavy (non-hydrogen) atoms. The zero-order valence-corrected chi connectivity index (χ0v) is 18.8. The molecule has 1 saturated heterocycles. The molecule has 3 amide bonds. The van der Waals surface area contributed by atoms with Crippen LogP contribution >= 0.6 is 15.9 Å². The molecule has 7 heteroatoms. The van der Waals surface area contributed by atoms with Gasteiger partial charge < -0.3 is 15.0 Å². The van der Waals surface area contributed by atoms with E-state index < -0.39 is 11.1 Å². The molecule has 1 fully saturated rings. The highest BCUT2D eigenvalue weighted by molar-refractivity contribution is 9.10. The molecule has 2 aliphatic rings. The molecule has 1 aromatic rings. The number of rotatable bonds is 7. The third-order valence-electron chi connectivity index (χ3n) is 5.39. The van der Waals surface area contributed by atoms with E-state index in [1.807, 2.05) is 32.0 Å². The van der Waals surface area contributed by atoms with Gasteiger partial charge in [-0.3, -0.25) is 9.69 Å². The molecule has 1 unspecified atom stereocenters. The lowest BCUT2D eigenvalue weighted by Crippen LogP contribution is -2.53. The van der Waals surface area contributed by atoms with Crippen LogP contribution in [0.15, 0.2) is 22.7 Å². The fourth-order valence-electron chi connectivity index (χ4n) is 4.18. The number of carbonyl (C=O) groups is 2. The van der Waals surface area contributed by atoms with Gasteiger partial charge in [0.2, 0.25) is 0 Å². The van der Waals surface area contributed by atoms with Crippen molar-refractivity contribution in [3.05, 3.63) is 28.2 Å². The minimum Gasteiger partial charge on any atom is -0.487 e. The average Bonchev–Trinajstić information content (AvgIpc) is 2.82. The number of nitrogens with zero attached hydrogens (tertiary/aromatic N) is 2. The predicted molar refractivity (Wildman–Crippen MR) is 112 cm³/mol. The Kier molecular flexibility index (Phi) is 6.05. The number of halogens is 1. The zero-order chi connectivity index (χ0) is 20.5. The van der Waals surface area contributed by atoms with E-state index in [0.29, 0.717) is 18.7 Å². The van der Waals surface area contributed by atoms with Crippen molar-refractivity contribution in [2.24, 2.45) is 0 Å². The van der Waals surface area contributed by atoms with Gasteiger partial charge in [-0.05, 0) is 65.5 Å². The predicted octanol–water partition coefficient (Wildman–Crippen LogP) is 3.88. The Labute approximate surface area is 175 Å². The van der Waals surface area contributed by atoms with Crippen molar-refractivity contribution in [3.63, 3.8) is 0 Å². The number of ether oxygens (including phenoxy) is 1. The molecule has 0 radical (unpaired) electrons. The minimum atomic E-state index is -1.05. The van der Waals surface area contributed by atoms with E-state index in [1.54, 1.807) is 0 Å². The summed E-state index contributed by atoms with van der Waals surface area (Å²) in [5.41, 5.74) is -0.873. The van der Waals surface area contributed by atoms with Crippen LogP contribution in [0.3, 0.4) is 0 Å². The van der Waals surface area contributed by atoms with Crippen LogP contribution in [0.5, 0.6) is 5.75 Å². The normalized spacial score (nSPS) is 23.1. The summed E-state index contributed by atoms with van der Waals surface area (Å²) in [5.74, 6) is 0.486. The van der Waals surface area contributed by atoms with E-state index in [1.165, 1.54) is 4.90 Å². The highest BCUT2D eigenvalue weighted by Crippen LogP contribution is 2.47. The van der Waals surface area contributed by atoms with Gasteiger partial charge in [-0.2, -0.15) is 0 Å². The molecule has 0 bridgehead atoms. The fourth-order valence-corrected chi connectivity index (χ4v) is 4.54. The lowest BCUT2D eigenvalue weighted by molar-refractivity contribution is -0.134. The maximum atomic E-state index is 13.4. The average molecular weight is 452 g/mol. The van der Waals surface area contributed by atoms with Gasteiger partial charge in [0.05, 0.1) is 0 Å². The summed E-state index contributed by atoms with van der Waals surface area (Å²) >= 11 is 3.48. The first-order valence-electron chi connectivity index (χ1n) is 9.92. The molecule has 1 aromatic carbocycles. The summed E-state index contributed by atoms with van der Waals surface area (Å²) < 4.78 is 6.93. The first-order chi connectivity index (χ1) is 13.1. The number of nitrogens with one attached hydrogen (secondary N) is 1. The maximum Gasteiger partial charge on any atom is 0.325 e. The van der Waals surface area contributed by atoms with Gasteiger partial charge in [0.1, 0.15) is 11.4 Å². The SMILES string of the molecule is CN(C)CCCCCCN1C(=O)NC2(CC(C)(C)Oc3ccc(Br)cc32)C1=O. The van der Waals surface area contributed by atoms with Gasteiger partial charge in [-0.25, -0.2) is 4.79 Å². The zero-order valence-electron chi connectivity index (χ0n) is 17.2. The molecule has 6 nitrogen and oxygen atoms in total. The fraction of sp³-hybridized carbons (Fsp3) is 0.619. The van der Waals surface area contributed by atoms with Crippen molar-refractivity contribution < 1.29 is 14.3 Å². The Bertz CT molecular complexity index is 765. The van der Waals surface area contributed by atoms with Gasteiger partial charge in [0, 0.05) is 23.0 Å². The second-order valence-electron chi connectivity index (χ2n) is 8.69. The molecular formula is C21H30BrN3O3. The van der Waals surface area contributed by atoms with Gasteiger partial charge in [-0.1, -0.05) is 28.8 Å². The lowest BCUT2D eigenvalue weighted by atomic mass is 9.77. The number of carbonyl (C=O) groups excluding carboxylic acids is 2. The van der Waals surface area contributed by atoms with Gasteiger partial charge in [0.15, 0.2) is 5.54 Å². The van der Waals surface area contributed by atoms with E-state index in [-0.39, 0.29) is 11.9 Å². The monoisotopic (exact) mass is 451 g/mol. The first kappa shape index (κ1) is 21.1. The van der Waals surface area contributed by atoms with Crippen LogP contribution in [0, 0.1) is 0 Å². The number of benzene rings is 1. The topological polar surface area (TPSA) is 61.9 Å². The third-order valence-corrected chi connectivity index (χ3v) is 5.88. The number of unbranched alkanes of at least 4 members (excludes halogenated alkanes) is 3. The molecule has 154 valence electrons. The number of hydrogen-bond acceptors (Lipinski definition) is 4. The van der Waals surface area contributed by atoms with Crippen molar-refractivity contribution in [2.75, 3.05) is 27.2 Å². The molecule has 0 aliphatic carbocycles. The highest BCUT2D eigenvalue weighted by Gasteiger charge is 2.58. The summed E-state index contributed by atoms with van der Waals surface area (Å²) in [4.78, 5) is 29.7. The van der Waals surface area contributed by atoms with Crippen LogP contribution in [0.4, 0.5) is 4.79 Å². The Morgan fingerprint density at radius 3 is 2.61 bits per heavy atom. The summed E-state index contributed by atoms with van der Waals surface area (Å²) in [6, 6.07) is 5.32. The molecular weight excluding hydrogens is 422 g/mol. The lowest BCUT2D eigenvalue weighted by Gasteiger charge is -2.42. The van der Waals surface area contributed by atoms with Gasteiger partial charge >= 0.3 is 6.03 Å². The van der Waals surface area contributed by atoms with E-state index in [9.17, 15) is 9.59 Å². The molecule has 0 saturated carbocycles. The molecule has 0 aromatic heterocycles. The van der Waals surface area contributed by atoms with Crippen molar-refractivity contribution in [3.8, 4) is 5.75 Å². The van der Waals surface area contributed by atoms with Crippen LogP contribution in [0.2, 0.25) is 0 Å². The molecule has 3 rings (SSSR count). The van der Waals surface area contributed by atoms with Crippen LogP contribution < -0.4 is 10.1 Å². The summed E-state index contributed by atoms with van der Waals surface area (Å²) in [6.45, 7) is 5.42. The number of hydrogen-bond donors (Lipinski definition) is 1. The van der Waals surface area contributed by atoms with Crippen molar-refractivity contribution >= 4 is 27.9 Å². The van der Waals surface area contributed by atoms with Crippen molar-refractivity contribution in [2.45, 2.75) is 57.1 Å². The highest BCUT2D eigenvalue weighted by atomic mass is 79.9. The van der Waals surface area contributed by atoms with Gasteiger partial charge in [0.25, 0.3) is 5.91 Å². The second kappa shape index (κ2) is 8.03. The summed E-state index contributed by atoms with van der Waals surface area (Å²) in [7, 11) is 4.14. The maximum absolute atomic E-state index is 13.4. The minimum absolute atomic E-state index is 0.165. The van der Waals surface area contributed by atoms with Crippen LogP contribution in [0.1, 0.15) is 51.5 Å². The van der Waals surface area contributed by atoms with Crippen LogP contribution in [-0.4, -0.2) is 54.5 Å². The van der Waals surface area contributed by atoms with Crippen molar-refractivity contribution in [1.82, 2.24) is 15.1 Å². The Balaban J connectivity index is 1.74. The summed E-state index contributed by atoms with van der Waals surface area (Å²) in [5, 5.41) is 3.01. The number of fused-ring (bicyclic) bond motifs is 2. The third kappa shape index (κ3) is 4.20.